The van der Waals surface area contributed by atoms with Gasteiger partial charge in [0.15, 0.2) is 6.10 Å². The number of esters is 2. The van der Waals surface area contributed by atoms with Crippen LogP contribution < -0.4 is 0 Å². The highest BCUT2D eigenvalue weighted by Gasteiger charge is 2.30. The Morgan fingerprint density at radius 2 is 2.20 bits per heavy atom. The highest BCUT2D eigenvalue weighted by Crippen LogP contribution is 2.05. The third-order valence-corrected chi connectivity index (χ3v) is 1.40. The largest absolute Gasteiger partial charge is 0.501 e. The minimum Gasteiger partial charge on any atom is -0.501 e. The van der Waals surface area contributed by atoms with Crippen molar-refractivity contribution in [2.75, 3.05) is 6.61 Å². The van der Waals surface area contributed by atoms with Crippen LogP contribution in [0.5, 0.6) is 0 Å². The zero-order valence-corrected chi connectivity index (χ0v) is 8.35. The molecule has 0 bridgehead atoms. The number of hydrogen-bond acceptors (Lipinski definition) is 5. The van der Waals surface area contributed by atoms with Gasteiger partial charge in [-0.05, 0) is 6.42 Å². The Hall–Kier alpha value is -1.62. The van der Waals surface area contributed by atoms with Gasteiger partial charge in [-0.25, -0.2) is 4.79 Å². The number of ether oxygens (including phenoxy) is 2. The van der Waals surface area contributed by atoms with Crippen LogP contribution >= 0.6 is 0 Å². The number of hydrogen-bond donors (Lipinski definition) is 1. The van der Waals surface area contributed by atoms with E-state index >= 15 is 0 Å². The second kappa shape index (κ2) is 7.75. The van der Waals surface area contributed by atoms with E-state index in [0.717, 1.165) is 6.42 Å². The smallest absolute Gasteiger partial charge is 0.343 e. The number of aliphatic hydroxyl groups is 1. The molecular weight excluding hydrogens is 200 g/mol. The van der Waals surface area contributed by atoms with Crippen LogP contribution in [0.3, 0.4) is 0 Å². The van der Waals surface area contributed by atoms with E-state index in [-0.39, 0.29) is 6.42 Å². The van der Waals surface area contributed by atoms with Crippen LogP contribution in [-0.4, -0.2) is 29.8 Å². The van der Waals surface area contributed by atoms with Crippen LogP contribution in [-0.2, 0) is 19.1 Å². The summed E-state index contributed by atoms with van der Waals surface area (Å²) >= 11 is 0. The van der Waals surface area contributed by atoms with E-state index in [1.54, 1.807) is 0 Å². The van der Waals surface area contributed by atoms with Crippen LogP contribution in [0.25, 0.3) is 0 Å². The minimum atomic E-state index is -1.22. The summed E-state index contributed by atoms with van der Waals surface area (Å²) in [5.74, 6) is -1.49. The van der Waals surface area contributed by atoms with Crippen molar-refractivity contribution >= 4 is 11.9 Å². The third kappa shape index (κ3) is 6.45. The Kier molecular flexibility index (Phi) is 6.92. The molecule has 1 aliphatic rings. The van der Waals surface area contributed by atoms with Gasteiger partial charge in [-0.1, -0.05) is 12.7 Å². The summed E-state index contributed by atoms with van der Waals surface area (Å²) in [5.41, 5.74) is 0. The van der Waals surface area contributed by atoms with E-state index in [1.165, 1.54) is 6.26 Å². The first-order chi connectivity index (χ1) is 7.11. The number of aliphatic hydroxyl groups excluding tert-OH is 1. The van der Waals surface area contributed by atoms with Crippen molar-refractivity contribution in [1.29, 1.82) is 0 Å². The third-order valence-electron chi connectivity index (χ3n) is 1.40. The first-order valence-electron chi connectivity index (χ1n) is 4.37. The Bertz CT molecular complexity index is 238. The maximum atomic E-state index is 10.1. The summed E-state index contributed by atoms with van der Waals surface area (Å²) in [4.78, 5) is 20.2. The van der Waals surface area contributed by atoms with Gasteiger partial charge < -0.3 is 14.6 Å². The Morgan fingerprint density at radius 3 is 2.47 bits per heavy atom. The highest BCUT2D eigenvalue weighted by molar-refractivity contribution is 5.95. The second-order valence-corrected chi connectivity index (χ2v) is 2.63. The molecule has 0 spiro atoms. The molecule has 1 aliphatic heterocycles. The lowest BCUT2D eigenvalue weighted by Gasteiger charge is -1.91. The van der Waals surface area contributed by atoms with Gasteiger partial charge >= 0.3 is 11.9 Å². The van der Waals surface area contributed by atoms with Crippen molar-refractivity contribution in [3.63, 3.8) is 0 Å². The molecule has 1 fully saturated rings. The first kappa shape index (κ1) is 13.4. The van der Waals surface area contributed by atoms with Gasteiger partial charge in [-0.3, -0.25) is 4.79 Å². The van der Waals surface area contributed by atoms with Crippen molar-refractivity contribution in [1.82, 2.24) is 0 Å². The molecule has 0 radical (unpaired) electrons. The standard InChI is InChI=1S/C6H10O.C4H4O4/c1-3-5-6-7-4-2;5-2-1-3(6)8-4(2)7/h3-4H,1-2,5-6H2;2,5H,1H2. The Labute approximate surface area is 88.0 Å². The van der Waals surface area contributed by atoms with Crippen LogP contribution in [0.1, 0.15) is 12.8 Å². The lowest BCUT2D eigenvalue weighted by molar-refractivity contribution is -0.154. The molecule has 1 atom stereocenters. The van der Waals surface area contributed by atoms with Crippen molar-refractivity contribution < 1.29 is 24.2 Å². The summed E-state index contributed by atoms with van der Waals surface area (Å²) in [5, 5.41) is 8.47. The van der Waals surface area contributed by atoms with Crippen molar-refractivity contribution in [2.24, 2.45) is 0 Å². The molecule has 0 aliphatic carbocycles. The molecule has 1 unspecified atom stereocenters. The quantitative estimate of drug-likeness (QED) is 0.243. The second-order valence-electron chi connectivity index (χ2n) is 2.63. The van der Waals surface area contributed by atoms with E-state index in [2.05, 4.69) is 17.9 Å². The average molecular weight is 214 g/mol. The molecule has 1 N–H and O–H groups in total. The monoisotopic (exact) mass is 214 g/mol. The molecule has 0 amide bonds. The predicted molar refractivity (Wildman–Crippen MR) is 52.7 cm³/mol. The zero-order chi connectivity index (χ0) is 11.7. The van der Waals surface area contributed by atoms with Gasteiger partial charge in [0.1, 0.15) is 0 Å². The normalized spacial score (nSPS) is 18.6. The van der Waals surface area contributed by atoms with Gasteiger partial charge in [0.2, 0.25) is 0 Å². The number of carbonyl (C=O) groups excluding carboxylic acids is 2. The Balaban J connectivity index is 0.000000265. The molecule has 84 valence electrons. The van der Waals surface area contributed by atoms with Gasteiger partial charge in [0.25, 0.3) is 0 Å². The molecule has 0 aromatic rings. The molecule has 1 saturated heterocycles. The fraction of sp³-hybridized carbons (Fsp3) is 0.400. The van der Waals surface area contributed by atoms with Crippen molar-refractivity contribution in [2.45, 2.75) is 18.9 Å². The zero-order valence-electron chi connectivity index (χ0n) is 8.35. The maximum Gasteiger partial charge on any atom is 0.343 e. The molecule has 0 aromatic heterocycles. The van der Waals surface area contributed by atoms with E-state index in [4.69, 9.17) is 9.84 Å². The molecule has 5 nitrogen and oxygen atoms in total. The lowest BCUT2D eigenvalue weighted by Crippen LogP contribution is -2.11. The van der Waals surface area contributed by atoms with Gasteiger partial charge in [-0.15, -0.1) is 6.58 Å². The first-order valence-corrected chi connectivity index (χ1v) is 4.37. The summed E-state index contributed by atoms with van der Waals surface area (Å²) in [6, 6.07) is 0. The molecule has 0 saturated carbocycles. The van der Waals surface area contributed by atoms with Gasteiger partial charge in [0, 0.05) is 0 Å². The van der Waals surface area contributed by atoms with Crippen LogP contribution in [0.4, 0.5) is 0 Å². The van der Waals surface area contributed by atoms with Crippen molar-refractivity contribution in [3.05, 3.63) is 25.5 Å². The number of rotatable bonds is 4. The van der Waals surface area contributed by atoms with Crippen molar-refractivity contribution in [3.8, 4) is 0 Å². The molecule has 15 heavy (non-hydrogen) atoms. The topological polar surface area (TPSA) is 72.8 Å². The molecule has 1 heterocycles. The van der Waals surface area contributed by atoms with E-state index in [9.17, 15) is 9.59 Å². The number of carbonyl (C=O) groups is 2. The average Bonchev–Trinajstić information content (AvgIpc) is 2.46. The summed E-state index contributed by atoms with van der Waals surface area (Å²) in [7, 11) is 0. The predicted octanol–water partition coefficient (Wildman–Crippen LogP) is 0.543. The number of cyclic esters (lactones) is 2. The van der Waals surface area contributed by atoms with E-state index in [0.29, 0.717) is 6.61 Å². The highest BCUT2D eigenvalue weighted by atomic mass is 16.6. The molecule has 1 rings (SSSR count). The SMILES string of the molecule is C=CCCOC=C.O=C1CC(O)C(=O)O1. The Morgan fingerprint density at radius 1 is 1.53 bits per heavy atom. The molecule has 0 aromatic carbocycles. The fourth-order valence-corrected chi connectivity index (χ4v) is 0.698. The minimum absolute atomic E-state index is 0.196. The van der Waals surface area contributed by atoms with Gasteiger partial charge in [-0.2, -0.15) is 0 Å². The summed E-state index contributed by atoms with van der Waals surface area (Å²) < 4.78 is 8.71. The van der Waals surface area contributed by atoms with Gasteiger partial charge in [0.05, 0.1) is 19.3 Å². The van der Waals surface area contributed by atoms with E-state index in [1.807, 2.05) is 6.08 Å². The lowest BCUT2D eigenvalue weighted by atomic mass is 10.3. The van der Waals surface area contributed by atoms with Crippen LogP contribution in [0, 0.1) is 0 Å². The van der Waals surface area contributed by atoms with Crippen LogP contribution in [0.2, 0.25) is 0 Å². The maximum absolute atomic E-state index is 10.1. The molecule has 5 heteroatoms. The van der Waals surface area contributed by atoms with E-state index < -0.39 is 18.0 Å². The summed E-state index contributed by atoms with van der Waals surface area (Å²) in [6.45, 7) is 7.60. The van der Waals surface area contributed by atoms with Crippen LogP contribution in [0.15, 0.2) is 25.5 Å². The molecular formula is C10H14O5. The fourth-order valence-electron chi connectivity index (χ4n) is 0.698. The summed E-state index contributed by atoms with van der Waals surface area (Å²) in [6.07, 6.45) is 2.72.